The summed E-state index contributed by atoms with van der Waals surface area (Å²) in [7, 11) is 0. The highest BCUT2D eigenvalue weighted by Gasteiger charge is 2.17. The molecule has 0 bridgehead atoms. The van der Waals surface area contributed by atoms with Crippen LogP contribution in [0.25, 0.3) is 115 Å². The number of hydrogen-bond donors (Lipinski definition) is 0. The highest BCUT2D eigenvalue weighted by atomic mass is 15.0. The van der Waals surface area contributed by atoms with Crippen molar-refractivity contribution >= 4 is 54.1 Å². The smallest absolute Gasteiger partial charge is 0.0541 e. The van der Waals surface area contributed by atoms with Gasteiger partial charge in [0.25, 0.3) is 0 Å². The van der Waals surface area contributed by atoms with Gasteiger partial charge in [0.05, 0.1) is 11.0 Å². The van der Waals surface area contributed by atoms with Crippen LogP contribution in [0.1, 0.15) is 0 Å². The molecule has 0 aliphatic carbocycles. The molecule has 0 spiro atoms. The number of fused-ring (bicyclic) bond motifs is 9. The third-order valence-electron chi connectivity index (χ3n) is 12.5. The number of aromatic nitrogens is 1. The maximum Gasteiger partial charge on any atom is 0.0541 e. The normalized spacial score (nSPS) is 11.6. The van der Waals surface area contributed by atoms with Gasteiger partial charge in [-0.2, -0.15) is 0 Å². The lowest BCUT2D eigenvalue weighted by molar-refractivity contribution is 1.18. The van der Waals surface area contributed by atoms with Gasteiger partial charge in [-0.25, -0.2) is 0 Å². The Morgan fingerprint density at radius 3 is 1.02 bits per heavy atom. The minimum absolute atomic E-state index is 1.15. The zero-order valence-electron chi connectivity index (χ0n) is 33.5. The molecule has 61 heavy (non-hydrogen) atoms. The average molecular weight is 774 g/mol. The number of hydrogen-bond acceptors (Lipinski definition) is 0. The van der Waals surface area contributed by atoms with Crippen molar-refractivity contribution in [3.05, 3.63) is 237 Å². The van der Waals surface area contributed by atoms with Crippen molar-refractivity contribution in [2.45, 2.75) is 0 Å². The maximum atomic E-state index is 2.41. The predicted octanol–water partition coefficient (Wildman–Crippen LogP) is 16.6. The highest BCUT2D eigenvalue weighted by Crippen LogP contribution is 2.42. The molecule has 1 nitrogen and oxygen atoms in total. The first-order valence-corrected chi connectivity index (χ1v) is 21.1. The summed E-state index contributed by atoms with van der Waals surface area (Å²) < 4.78 is 2.41. The first-order valence-electron chi connectivity index (χ1n) is 21.1. The second-order valence-electron chi connectivity index (χ2n) is 16.1. The average Bonchev–Trinajstić information content (AvgIpc) is 3.67. The van der Waals surface area contributed by atoms with Crippen LogP contribution in [0, 0.1) is 0 Å². The van der Waals surface area contributed by atoms with Crippen molar-refractivity contribution in [2.24, 2.45) is 0 Å². The minimum atomic E-state index is 1.15. The molecular formula is C60H39N. The Hall–Kier alpha value is -8.00. The molecule has 0 aliphatic heterocycles. The van der Waals surface area contributed by atoms with Gasteiger partial charge in [-0.15, -0.1) is 0 Å². The molecular weight excluding hydrogens is 735 g/mol. The number of nitrogens with zero attached hydrogens (tertiary/aromatic N) is 1. The Morgan fingerprint density at radius 1 is 0.180 bits per heavy atom. The molecule has 1 heteroatoms. The molecule has 0 saturated heterocycles. The van der Waals surface area contributed by atoms with Crippen molar-refractivity contribution in [2.75, 3.05) is 0 Å². The molecule has 0 fully saturated rings. The molecule has 0 unspecified atom stereocenters. The van der Waals surface area contributed by atoms with E-state index in [2.05, 4.69) is 241 Å². The van der Waals surface area contributed by atoms with Gasteiger partial charge in [-0.3, -0.25) is 0 Å². The summed E-state index contributed by atoms with van der Waals surface area (Å²) in [6.45, 7) is 0. The van der Waals surface area contributed by atoms with E-state index in [1.165, 1.54) is 110 Å². The van der Waals surface area contributed by atoms with Crippen molar-refractivity contribution in [3.63, 3.8) is 0 Å². The number of para-hydroxylation sites is 1. The summed E-state index contributed by atoms with van der Waals surface area (Å²) in [5, 5.41) is 10.2. The SMILES string of the molecule is c1ccc(-c2cccc(-c3cc(-c4ccc5c6ccccc6c6ccccc6c5c4)cc(-c4ccc5c(c4)c4cc(-c6ccccc6)ccc4n5-c4ccccc4)c3)c2)cc1. The van der Waals surface area contributed by atoms with Gasteiger partial charge >= 0.3 is 0 Å². The fourth-order valence-electron chi connectivity index (χ4n) is 9.59. The van der Waals surface area contributed by atoms with Crippen LogP contribution < -0.4 is 0 Å². The van der Waals surface area contributed by atoms with E-state index in [4.69, 9.17) is 0 Å². The minimum Gasteiger partial charge on any atom is -0.309 e. The number of benzene rings is 11. The fraction of sp³-hybridized carbons (Fsp3) is 0. The van der Waals surface area contributed by atoms with Crippen LogP contribution in [0.5, 0.6) is 0 Å². The van der Waals surface area contributed by atoms with Gasteiger partial charge in [0.2, 0.25) is 0 Å². The zero-order valence-corrected chi connectivity index (χ0v) is 33.5. The Bertz CT molecular complexity index is 3580. The van der Waals surface area contributed by atoms with Crippen LogP contribution in [0.15, 0.2) is 237 Å². The molecule has 11 aromatic carbocycles. The number of rotatable bonds is 6. The van der Waals surface area contributed by atoms with E-state index < -0.39 is 0 Å². The van der Waals surface area contributed by atoms with Crippen LogP contribution in [0.3, 0.4) is 0 Å². The summed E-state index contributed by atoms with van der Waals surface area (Å²) in [6.07, 6.45) is 0. The predicted molar refractivity (Wildman–Crippen MR) is 260 cm³/mol. The molecule has 0 radical (unpaired) electrons. The summed E-state index contributed by atoms with van der Waals surface area (Å²) in [4.78, 5) is 0. The largest absolute Gasteiger partial charge is 0.309 e. The van der Waals surface area contributed by atoms with Gasteiger partial charge in [-0.1, -0.05) is 170 Å². The Morgan fingerprint density at radius 2 is 0.508 bits per heavy atom. The van der Waals surface area contributed by atoms with Crippen molar-refractivity contribution < 1.29 is 0 Å². The summed E-state index contributed by atoms with van der Waals surface area (Å²) in [6, 6.07) is 86.9. The first kappa shape index (κ1) is 35.0. The molecule has 0 saturated carbocycles. The second-order valence-corrected chi connectivity index (χ2v) is 16.1. The first-order chi connectivity index (χ1) is 30.2. The van der Waals surface area contributed by atoms with Crippen LogP contribution in [0.4, 0.5) is 0 Å². The summed E-state index contributed by atoms with van der Waals surface area (Å²) in [5.41, 5.74) is 15.5. The molecule has 1 heterocycles. The summed E-state index contributed by atoms with van der Waals surface area (Å²) in [5.74, 6) is 0. The van der Waals surface area contributed by atoms with Crippen molar-refractivity contribution in [1.82, 2.24) is 4.57 Å². The van der Waals surface area contributed by atoms with E-state index >= 15 is 0 Å². The quantitative estimate of drug-likeness (QED) is 0.148. The Labute approximate surface area is 355 Å². The van der Waals surface area contributed by atoms with Crippen LogP contribution in [-0.4, -0.2) is 4.57 Å². The van der Waals surface area contributed by atoms with Gasteiger partial charge in [0, 0.05) is 16.5 Å². The van der Waals surface area contributed by atoms with Gasteiger partial charge in [0.1, 0.15) is 0 Å². The van der Waals surface area contributed by atoms with E-state index in [0.717, 1.165) is 5.69 Å². The van der Waals surface area contributed by atoms with E-state index in [9.17, 15) is 0 Å². The Balaban J connectivity index is 1.09. The molecule has 0 N–H and O–H groups in total. The van der Waals surface area contributed by atoms with Crippen LogP contribution in [0.2, 0.25) is 0 Å². The van der Waals surface area contributed by atoms with Crippen LogP contribution >= 0.6 is 0 Å². The topological polar surface area (TPSA) is 4.93 Å². The summed E-state index contributed by atoms with van der Waals surface area (Å²) >= 11 is 0. The van der Waals surface area contributed by atoms with Gasteiger partial charge in [-0.05, 0) is 155 Å². The third kappa shape index (κ3) is 6.02. The van der Waals surface area contributed by atoms with E-state index in [-0.39, 0.29) is 0 Å². The lowest BCUT2D eigenvalue weighted by Crippen LogP contribution is -1.93. The van der Waals surface area contributed by atoms with E-state index in [1.54, 1.807) is 0 Å². The Kier molecular flexibility index (Phi) is 8.25. The van der Waals surface area contributed by atoms with Crippen molar-refractivity contribution in [3.8, 4) is 61.3 Å². The van der Waals surface area contributed by atoms with Gasteiger partial charge < -0.3 is 4.57 Å². The standard InChI is InChI=1S/C60H39N/c1-4-15-40(16-5-1)42-19-14-20-43(33-42)47-34-48(45-27-30-55-53-25-11-10-23-51(53)52-24-12-13-26-54(52)56(55)37-45)36-49(35-47)46-29-32-60-58(39-46)57-38-44(41-17-6-2-7-18-41)28-31-59(57)61(60)50-21-8-3-9-22-50/h1-39H. The highest BCUT2D eigenvalue weighted by molar-refractivity contribution is 6.25. The third-order valence-corrected chi connectivity index (χ3v) is 12.5. The van der Waals surface area contributed by atoms with E-state index in [0.29, 0.717) is 0 Å². The lowest BCUT2D eigenvalue weighted by Gasteiger charge is -2.15. The zero-order chi connectivity index (χ0) is 40.3. The lowest BCUT2D eigenvalue weighted by atomic mass is 9.89. The second kappa shape index (κ2) is 14.4. The monoisotopic (exact) mass is 773 g/mol. The van der Waals surface area contributed by atoms with Crippen LogP contribution in [-0.2, 0) is 0 Å². The molecule has 0 atom stereocenters. The fourth-order valence-corrected chi connectivity index (χ4v) is 9.59. The molecule has 12 rings (SSSR count). The molecule has 0 aliphatic rings. The van der Waals surface area contributed by atoms with Gasteiger partial charge in [0.15, 0.2) is 0 Å². The van der Waals surface area contributed by atoms with E-state index in [1.807, 2.05) is 0 Å². The molecule has 284 valence electrons. The maximum absolute atomic E-state index is 2.41. The molecule has 0 amide bonds. The molecule has 12 aromatic rings. The molecule has 1 aromatic heterocycles. The van der Waals surface area contributed by atoms with Crippen molar-refractivity contribution in [1.29, 1.82) is 0 Å².